The number of rotatable bonds is 9. The average Bonchev–Trinajstić information content (AvgIpc) is 3.37. The van der Waals surface area contributed by atoms with Crippen LogP contribution in [0.2, 0.25) is 0 Å². The fraction of sp³-hybridized carbons (Fsp3) is 0.182. The number of aromatic hydroxyl groups is 1. The topological polar surface area (TPSA) is 70.5 Å². The zero-order chi connectivity index (χ0) is 27.5. The molecule has 0 unspecified atom stereocenters. The number of phenolic OH excluding ortho intramolecular Hbond substituents is 1. The quantitative estimate of drug-likeness (QED) is 0.199. The molecule has 0 atom stereocenters. The van der Waals surface area contributed by atoms with Crippen LogP contribution in [0.4, 0.5) is 5.69 Å². The van der Waals surface area contributed by atoms with Crippen molar-refractivity contribution in [2.75, 3.05) is 18.0 Å². The third-order valence-electron chi connectivity index (χ3n) is 6.94. The van der Waals surface area contributed by atoms with Gasteiger partial charge in [0.1, 0.15) is 10.8 Å². The van der Waals surface area contributed by atoms with Crippen LogP contribution >= 0.6 is 11.3 Å². The number of carbonyl (C=O) groups excluding carboxylic acids is 2. The van der Waals surface area contributed by atoms with Crippen LogP contribution in [0.5, 0.6) is 5.75 Å². The normalized spacial score (nSPS) is 11.1. The number of thiazole rings is 1. The van der Waals surface area contributed by atoms with Crippen molar-refractivity contribution in [1.29, 1.82) is 0 Å². The number of aryl methyl sites for hydroxylation is 1. The molecular weight excluding hydrogens is 504 g/mol. The van der Waals surface area contributed by atoms with Crippen LogP contribution in [0.25, 0.3) is 20.8 Å². The smallest absolute Gasteiger partial charge is 0.197 e. The summed E-state index contributed by atoms with van der Waals surface area (Å²) in [6.07, 6.45) is 0.163. The van der Waals surface area contributed by atoms with E-state index in [1.807, 2.05) is 50.2 Å². The van der Waals surface area contributed by atoms with E-state index in [-0.39, 0.29) is 34.9 Å². The number of hydrogen-bond acceptors (Lipinski definition) is 6. The first-order valence-electron chi connectivity index (χ1n) is 13.1. The minimum absolute atomic E-state index is 0.0905. The van der Waals surface area contributed by atoms with E-state index >= 15 is 0 Å². The van der Waals surface area contributed by atoms with Crippen LogP contribution in [0, 0.1) is 6.92 Å². The minimum atomic E-state index is -0.371. The van der Waals surface area contributed by atoms with E-state index in [1.165, 1.54) is 5.56 Å². The summed E-state index contributed by atoms with van der Waals surface area (Å²) in [6.45, 7) is 7.74. The molecule has 5 aromatic rings. The second-order valence-electron chi connectivity index (χ2n) is 9.54. The summed E-state index contributed by atoms with van der Waals surface area (Å²) in [5.74, 6) is -0.613. The van der Waals surface area contributed by atoms with Gasteiger partial charge in [-0.05, 0) is 56.2 Å². The van der Waals surface area contributed by atoms with Gasteiger partial charge in [0, 0.05) is 48.0 Å². The second-order valence-corrected chi connectivity index (χ2v) is 10.6. The Hall–Kier alpha value is -4.29. The summed E-state index contributed by atoms with van der Waals surface area (Å²) in [4.78, 5) is 33.6. The first kappa shape index (κ1) is 26.3. The van der Waals surface area contributed by atoms with E-state index in [2.05, 4.69) is 24.0 Å². The monoisotopic (exact) mass is 534 g/mol. The predicted octanol–water partition coefficient (Wildman–Crippen LogP) is 7.48. The maximum Gasteiger partial charge on any atom is 0.197 e. The van der Waals surface area contributed by atoms with E-state index in [9.17, 15) is 14.7 Å². The van der Waals surface area contributed by atoms with Gasteiger partial charge in [-0.3, -0.25) is 9.59 Å². The van der Waals surface area contributed by atoms with Gasteiger partial charge in [0.05, 0.1) is 15.8 Å². The first-order chi connectivity index (χ1) is 18.9. The lowest BCUT2D eigenvalue weighted by atomic mass is 9.93. The summed E-state index contributed by atoms with van der Waals surface area (Å²) in [5, 5.41) is 11.6. The predicted molar refractivity (Wildman–Crippen MR) is 159 cm³/mol. The Labute approximate surface area is 232 Å². The van der Waals surface area contributed by atoms with Gasteiger partial charge >= 0.3 is 0 Å². The molecule has 0 radical (unpaired) electrons. The molecule has 5 rings (SSSR count). The number of nitrogens with zero attached hydrogens (tertiary/aromatic N) is 2. The van der Waals surface area contributed by atoms with E-state index < -0.39 is 0 Å². The summed E-state index contributed by atoms with van der Waals surface area (Å²) < 4.78 is 1.15. The molecule has 0 aliphatic carbocycles. The number of hydrogen-bond donors (Lipinski definition) is 1. The van der Waals surface area contributed by atoms with Gasteiger partial charge in [0.25, 0.3) is 0 Å². The number of Topliss-reactive ketones (excluding diaryl/α,β-unsaturated/α-hetero) is 1. The van der Waals surface area contributed by atoms with Gasteiger partial charge in [0.15, 0.2) is 11.6 Å². The SMILES string of the molecule is CCN(CC)c1ccc(C(=O)c2ccccc2C(=O)Cc2ccc(-c3nc4ccc(C)cc4s3)cc2)c(O)c1. The highest BCUT2D eigenvalue weighted by Gasteiger charge is 2.21. The van der Waals surface area contributed by atoms with Crippen molar-refractivity contribution in [1.82, 2.24) is 4.98 Å². The molecule has 0 bridgehead atoms. The molecule has 1 heterocycles. The molecule has 0 fully saturated rings. The Balaban J connectivity index is 1.36. The largest absolute Gasteiger partial charge is 0.507 e. The number of aromatic nitrogens is 1. The molecule has 0 spiro atoms. The molecule has 1 aromatic heterocycles. The first-order valence-corrected chi connectivity index (χ1v) is 13.9. The zero-order valence-electron chi connectivity index (χ0n) is 22.3. The van der Waals surface area contributed by atoms with E-state index in [0.717, 1.165) is 45.1 Å². The Morgan fingerprint density at radius 1 is 0.846 bits per heavy atom. The van der Waals surface area contributed by atoms with E-state index in [0.29, 0.717) is 5.56 Å². The fourth-order valence-corrected chi connectivity index (χ4v) is 5.84. The highest BCUT2D eigenvalue weighted by molar-refractivity contribution is 7.21. The van der Waals surface area contributed by atoms with Gasteiger partial charge in [-0.1, -0.05) is 54.6 Å². The lowest BCUT2D eigenvalue weighted by Crippen LogP contribution is -2.21. The molecule has 0 saturated heterocycles. The number of benzene rings is 4. The van der Waals surface area contributed by atoms with Crippen LogP contribution in [0.3, 0.4) is 0 Å². The van der Waals surface area contributed by atoms with Crippen molar-refractivity contribution in [3.8, 4) is 16.3 Å². The highest BCUT2D eigenvalue weighted by atomic mass is 32.1. The maximum atomic E-state index is 13.4. The summed E-state index contributed by atoms with van der Waals surface area (Å²) in [7, 11) is 0. The average molecular weight is 535 g/mol. The van der Waals surface area contributed by atoms with Crippen molar-refractivity contribution in [2.45, 2.75) is 27.2 Å². The van der Waals surface area contributed by atoms with Crippen LogP contribution in [0.15, 0.2) is 84.9 Å². The molecule has 0 aliphatic rings. The Morgan fingerprint density at radius 3 is 2.26 bits per heavy atom. The maximum absolute atomic E-state index is 13.4. The third-order valence-corrected chi connectivity index (χ3v) is 8.00. The molecule has 0 saturated carbocycles. The van der Waals surface area contributed by atoms with Crippen LogP contribution in [0.1, 0.15) is 51.3 Å². The van der Waals surface area contributed by atoms with Crippen molar-refractivity contribution in [2.24, 2.45) is 0 Å². The summed E-state index contributed by atoms with van der Waals surface area (Å²) in [6, 6.07) is 26.0. The number of ketones is 2. The molecular formula is C33H30N2O3S. The summed E-state index contributed by atoms with van der Waals surface area (Å²) in [5.41, 5.74) is 5.71. The van der Waals surface area contributed by atoms with Crippen molar-refractivity contribution < 1.29 is 14.7 Å². The Bertz CT molecular complexity index is 1670. The highest BCUT2D eigenvalue weighted by Crippen LogP contribution is 2.31. The summed E-state index contributed by atoms with van der Waals surface area (Å²) >= 11 is 1.65. The fourth-order valence-electron chi connectivity index (χ4n) is 4.77. The lowest BCUT2D eigenvalue weighted by Gasteiger charge is -2.21. The van der Waals surface area contributed by atoms with Crippen LogP contribution in [-0.2, 0) is 6.42 Å². The minimum Gasteiger partial charge on any atom is -0.507 e. The Kier molecular flexibility index (Phi) is 7.57. The number of fused-ring (bicyclic) bond motifs is 1. The number of carbonyl (C=O) groups is 2. The van der Waals surface area contributed by atoms with Gasteiger partial charge in [-0.25, -0.2) is 4.98 Å². The molecule has 0 aliphatic heterocycles. The standard InChI is InChI=1S/C33H30N2O3S/c1-4-35(5-2)24-15-16-27(30(37)20-24)32(38)26-9-7-6-8-25(26)29(36)19-22-11-13-23(14-12-22)33-34-28-17-10-21(3)18-31(28)39-33/h6-18,20,37H,4-5,19H2,1-3H3. The van der Waals surface area contributed by atoms with Crippen molar-refractivity contribution in [3.05, 3.63) is 113 Å². The molecule has 196 valence electrons. The number of anilines is 1. The molecule has 6 heteroatoms. The van der Waals surface area contributed by atoms with Crippen molar-refractivity contribution in [3.63, 3.8) is 0 Å². The number of phenols is 1. The van der Waals surface area contributed by atoms with Gasteiger partial charge in [0.2, 0.25) is 0 Å². The van der Waals surface area contributed by atoms with Crippen molar-refractivity contribution >= 4 is 38.8 Å². The van der Waals surface area contributed by atoms with Gasteiger partial charge in [-0.15, -0.1) is 11.3 Å². The van der Waals surface area contributed by atoms with Gasteiger partial charge in [-0.2, -0.15) is 0 Å². The Morgan fingerprint density at radius 2 is 1.56 bits per heavy atom. The molecule has 39 heavy (non-hydrogen) atoms. The van der Waals surface area contributed by atoms with E-state index in [1.54, 1.807) is 47.7 Å². The molecule has 4 aromatic carbocycles. The second kappa shape index (κ2) is 11.2. The molecule has 5 nitrogen and oxygen atoms in total. The van der Waals surface area contributed by atoms with Crippen LogP contribution in [-0.4, -0.2) is 34.7 Å². The lowest BCUT2D eigenvalue weighted by molar-refractivity contribution is 0.0975. The molecule has 0 amide bonds. The van der Waals surface area contributed by atoms with Crippen LogP contribution < -0.4 is 4.90 Å². The zero-order valence-corrected chi connectivity index (χ0v) is 23.1. The van der Waals surface area contributed by atoms with Gasteiger partial charge < -0.3 is 10.0 Å². The van der Waals surface area contributed by atoms with E-state index in [4.69, 9.17) is 4.98 Å². The third kappa shape index (κ3) is 5.47. The molecule has 1 N–H and O–H groups in total.